The van der Waals surface area contributed by atoms with Crippen LogP contribution in [-0.2, 0) is 10.0 Å². The molecule has 9 heteroatoms. The lowest BCUT2D eigenvalue weighted by atomic mass is 10.3. The molecule has 1 fully saturated rings. The quantitative estimate of drug-likeness (QED) is 0.630. The van der Waals surface area contributed by atoms with Gasteiger partial charge in [-0.2, -0.15) is 0 Å². The Morgan fingerprint density at radius 3 is 2.58 bits per heavy atom. The molecule has 2 aromatic rings. The van der Waals surface area contributed by atoms with Crippen LogP contribution in [0.15, 0.2) is 47.4 Å². The van der Waals surface area contributed by atoms with E-state index in [0.717, 1.165) is 12.8 Å². The number of methoxy groups -OCH3 is 1. The molecule has 1 aliphatic carbocycles. The number of benzene rings is 2. The van der Waals surface area contributed by atoms with E-state index in [-0.39, 0.29) is 4.90 Å². The van der Waals surface area contributed by atoms with E-state index in [9.17, 15) is 8.42 Å². The van der Waals surface area contributed by atoms with Gasteiger partial charge in [-0.05, 0) is 55.4 Å². The number of nitrogens with one attached hydrogen (secondary N) is 3. The van der Waals surface area contributed by atoms with Gasteiger partial charge in [-0.25, -0.2) is 8.42 Å². The van der Waals surface area contributed by atoms with Crippen LogP contribution in [0.1, 0.15) is 12.8 Å². The van der Waals surface area contributed by atoms with Crippen LogP contribution in [0.4, 0.5) is 11.4 Å². The second-order valence-corrected chi connectivity index (χ2v) is 8.32. The Kier molecular flexibility index (Phi) is 5.55. The van der Waals surface area contributed by atoms with Gasteiger partial charge in [0.2, 0.25) is 0 Å². The van der Waals surface area contributed by atoms with E-state index in [0.29, 0.717) is 33.3 Å². The van der Waals surface area contributed by atoms with Crippen LogP contribution in [0.3, 0.4) is 0 Å². The molecule has 0 bridgehead atoms. The zero-order chi connectivity index (χ0) is 18.7. The summed E-state index contributed by atoms with van der Waals surface area (Å²) in [5, 5.41) is 6.89. The summed E-state index contributed by atoms with van der Waals surface area (Å²) in [4.78, 5) is 0.0648. The molecule has 0 unspecified atom stereocenters. The highest BCUT2D eigenvalue weighted by molar-refractivity contribution is 7.92. The largest absolute Gasteiger partial charge is 0.495 e. The number of rotatable bonds is 6. The molecule has 3 rings (SSSR count). The van der Waals surface area contributed by atoms with Crippen molar-refractivity contribution in [2.24, 2.45) is 0 Å². The topological polar surface area (TPSA) is 79.5 Å². The minimum absolute atomic E-state index is 0.0648. The summed E-state index contributed by atoms with van der Waals surface area (Å²) in [6.07, 6.45) is 2.16. The van der Waals surface area contributed by atoms with Gasteiger partial charge in [0.05, 0.1) is 28.4 Å². The normalized spacial score (nSPS) is 13.8. The van der Waals surface area contributed by atoms with E-state index in [1.807, 2.05) is 0 Å². The molecule has 138 valence electrons. The van der Waals surface area contributed by atoms with Crippen molar-refractivity contribution in [2.45, 2.75) is 23.8 Å². The molecule has 6 nitrogen and oxygen atoms in total. The van der Waals surface area contributed by atoms with E-state index >= 15 is 0 Å². The third-order valence-corrected chi connectivity index (χ3v) is 5.67. The molecular formula is C17H18ClN3O3S2. The molecule has 2 aromatic carbocycles. The monoisotopic (exact) mass is 411 g/mol. The predicted octanol–water partition coefficient (Wildman–Crippen LogP) is 3.60. The molecule has 26 heavy (non-hydrogen) atoms. The maximum atomic E-state index is 12.7. The molecule has 0 amide bonds. The van der Waals surface area contributed by atoms with Gasteiger partial charge in [-0.1, -0.05) is 23.7 Å². The molecule has 3 N–H and O–H groups in total. The number of hydrogen-bond donors (Lipinski definition) is 3. The summed E-state index contributed by atoms with van der Waals surface area (Å²) in [6, 6.07) is 11.5. The number of thiocarbonyl (C=S) groups is 1. The first-order chi connectivity index (χ1) is 12.4. The van der Waals surface area contributed by atoms with Crippen LogP contribution >= 0.6 is 23.8 Å². The van der Waals surface area contributed by atoms with Crippen molar-refractivity contribution < 1.29 is 13.2 Å². The smallest absolute Gasteiger partial charge is 0.262 e. The Morgan fingerprint density at radius 2 is 1.92 bits per heavy atom. The Morgan fingerprint density at radius 1 is 1.19 bits per heavy atom. The van der Waals surface area contributed by atoms with Crippen LogP contribution in [0.2, 0.25) is 5.02 Å². The van der Waals surface area contributed by atoms with Crippen molar-refractivity contribution in [1.82, 2.24) is 5.32 Å². The first-order valence-corrected chi connectivity index (χ1v) is 10.2. The summed E-state index contributed by atoms with van der Waals surface area (Å²) >= 11 is 11.3. The third kappa shape index (κ3) is 4.57. The highest BCUT2D eigenvalue weighted by Gasteiger charge is 2.23. The fraction of sp³-hybridized carbons (Fsp3) is 0.235. The van der Waals surface area contributed by atoms with Gasteiger partial charge in [0.1, 0.15) is 5.75 Å². The number of halogens is 1. The molecule has 0 saturated heterocycles. The summed E-state index contributed by atoms with van der Waals surface area (Å²) < 4.78 is 33.2. The van der Waals surface area contributed by atoms with Crippen LogP contribution in [0.25, 0.3) is 0 Å². The molecule has 0 aliphatic heterocycles. The van der Waals surface area contributed by atoms with Crippen molar-refractivity contribution in [3.05, 3.63) is 47.5 Å². The van der Waals surface area contributed by atoms with Gasteiger partial charge in [0, 0.05) is 6.04 Å². The fourth-order valence-corrected chi connectivity index (χ4v) is 3.89. The Bertz CT molecular complexity index is 931. The standard InChI is InChI=1S/C17H18ClN3O3S2/c1-24-16-9-8-12(10-15(16)20-17(25)19-11-6-7-11)26(22,23)21-14-5-3-2-4-13(14)18/h2-5,8-11,21H,6-7H2,1H3,(H2,19,20,25). The number of sulfonamides is 1. The van der Waals surface area contributed by atoms with Crippen LogP contribution in [-0.4, -0.2) is 26.7 Å². The van der Waals surface area contributed by atoms with E-state index < -0.39 is 10.0 Å². The highest BCUT2D eigenvalue weighted by Crippen LogP contribution is 2.30. The lowest BCUT2D eigenvalue weighted by Gasteiger charge is -2.15. The van der Waals surface area contributed by atoms with Gasteiger partial charge < -0.3 is 15.4 Å². The second-order valence-electron chi connectivity index (χ2n) is 5.82. The lowest BCUT2D eigenvalue weighted by Crippen LogP contribution is -2.30. The van der Waals surface area contributed by atoms with Crippen LogP contribution < -0.4 is 20.1 Å². The molecular weight excluding hydrogens is 394 g/mol. The molecule has 0 atom stereocenters. The average Bonchev–Trinajstić information content (AvgIpc) is 3.40. The Balaban J connectivity index is 1.85. The molecule has 0 aromatic heterocycles. The molecule has 1 saturated carbocycles. The molecule has 0 heterocycles. The lowest BCUT2D eigenvalue weighted by molar-refractivity contribution is 0.416. The SMILES string of the molecule is COc1ccc(S(=O)(=O)Nc2ccccc2Cl)cc1NC(=S)NC1CC1. The number of anilines is 2. The van der Waals surface area contributed by atoms with Crippen molar-refractivity contribution in [3.8, 4) is 5.75 Å². The van der Waals surface area contributed by atoms with E-state index in [2.05, 4.69) is 15.4 Å². The fourth-order valence-electron chi connectivity index (χ4n) is 2.27. The van der Waals surface area contributed by atoms with E-state index in [1.165, 1.54) is 19.2 Å². The highest BCUT2D eigenvalue weighted by atomic mass is 35.5. The first kappa shape index (κ1) is 18.8. The van der Waals surface area contributed by atoms with E-state index in [1.54, 1.807) is 30.3 Å². The van der Waals surface area contributed by atoms with Gasteiger partial charge in [0.25, 0.3) is 10.0 Å². The summed E-state index contributed by atoms with van der Waals surface area (Å²) in [7, 11) is -2.32. The summed E-state index contributed by atoms with van der Waals surface area (Å²) in [5.74, 6) is 0.488. The van der Waals surface area contributed by atoms with Gasteiger partial charge >= 0.3 is 0 Å². The number of hydrogen-bond acceptors (Lipinski definition) is 4. The predicted molar refractivity (Wildman–Crippen MR) is 108 cm³/mol. The maximum Gasteiger partial charge on any atom is 0.262 e. The van der Waals surface area contributed by atoms with Crippen molar-refractivity contribution >= 4 is 50.3 Å². The van der Waals surface area contributed by atoms with Gasteiger partial charge in [0.15, 0.2) is 5.11 Å². The average molecular weight is 412 g/mol. The minimum atomic E-state index is -3.82. The van der Waals surface area contributed by atoms with E-state index in [4.69, 9.17) is 28.6 Å². The first-order valence-electron chi connectivity index (χ1n) is 7.92. The maximum absolute atomic E-state index is 12.7. The van der Waals surface area contributed by atoms with Gasteiger partial charge in [-0.3, -0.25) is 4.72 Å². The van der Waals surface area contributed by atoms with Crippen LogP contribution in [0.5, 0.6) is 5.75 Å². The number of para-hydroxylation sites is 1. The van der Waals surface area contributed by atoms with Crippen molar-refractivity contribution in [2.75, 3.05) is 17.1 Å². The molecule has 1 aliphatic rings. The van der Waals surface area contributed by atoms with Crippen molar-refractivity contribution in [1.29, 1.82) is 0 Å². The Hall–Kier alpha value is -2.03. The van der Waals surface area contributed by atoms with Crippen LogP contribution in [0, 0.1) is 0 Å². The number of ether oxygens (including phenoxy) is 1. The molecule has 0 radical (unpaired) electrons. The van der Waals surface area contributed by atoms with Crippen molar-refractivity contribution in [3.63, 3.8) is 0 Å². The summed E-state index contributed by atoms with van der Waals surface area (Å²) in [5.41, 5.74) is 0.776. The zero-order valence-electron chi connectivity index (χ0n) is 14.0. The third-order valence-electron chi connectivity index (χ3n) is 3.76. The minimum Gasteiger partial charge on any atom is -0.495 e. The Labute approximate surface area is 162 Å². The molecule has 0 spiro atoms. The summed E-state index contributed by atoms with van der Waals surface area (Å²) in [6.45, 7) is 0. The zero-order valence-corrected chi connectivity index (χ0v) is 16.3. The van der Waals surface area contributed by atoms with Gasteiger partial charge in [-0.15, -0.1) is 0 Å². The second kappa shape index (κ2) is 7.69.